The first-order chi connectivity index (χ1) is 14.9. The van der Waals surface area contributed by atoms with Gasteiger partial charge in [-0.05, 0) is 73.4 Å². The summed E-state index contributed by atoms with van der Waals surface area (Å²) in [6.07, 6.45) is 0.837. The Morgan fingerprint density at radius 2 is 1.77 bits per heavy atom. The number of fused-ring (bicyclic) bond motifs is 1. The van der Waals surface area contributed by atoms with Crippen LogP contribution >= 0.6 is 15.9 Å². The molecule has 3 aromatic carbocycles. The summed E-state index contributed by atoms with van der Waals surface area (Å²) in [5.41, 5.74) is 6.63. The van der Waals surface area contributed by atoms with E-state index in [0.29, 0.717) is 18.7 Å². The third-order valence-electron chi connectivity index (χ3n) is 5.46. The van der Waals surface area contributed by atoms with Crippen molar-refractivity contribution in [2.75, 3.05) is 16.8 Å². The summed E-state index contributed by atoms with van der Waals surface area (Å²) in [6.45, 7) is 5.03. The molecule has 0 radical (unpaired) electrons. The van der Waals surface area contributed by atoms with E-state index in [1.54, 1.807) is 0 Å². The van der Waals surface area contributed by atoms with Crippen LogP contribution in [0.5, 0.6) is 0 Å². The third kappa shape index (κ3) is 4.80. The number of carbonyl (C=O) groups is 2. The highest BCUT2D eigenvalue weighted by Gasteiger charge is 2.25. The van der Waals surface area contributed by atoms with Crippen molar-refractivity contribution in [3.05, 3.63) is 93.0 Å². The molecule has 0 aliphatic carbocycles. The minimum atomic E-state index is -0.269. The molecule has 31 heavy (non-hydrogen) atoms. The van der Waals surface area contributed by atoms with Gasteiger partial charge in [0.25, 0.3) is 5.91 Å². The van der Waals surface area contributed by atoms with Gasteiger partial charge in [0.05, 0.1) is 0 Å². The number of hydrogen-bond donors (Lipinski definition) is 2. The molecule has 0 unspecified atom stereocenters. The molecule has 0 atom stereocenters. The molecule has 158 valence electrons. The van der Waals surface area contributed by atoms with Crippen molar-refractivity contribution >= 4 is 39.2 Å². The number of anilines is 2. The minimum absolute atomic E-state index is 0.00668. The third-order valence-corrected chi connectivity index (χ3v) is 6.35. The molecule has 0 bridgehead atoms. The maximum atomic E-state index is 13.0. The van der Waals surface area contributed by atoms with Gasteiger partial charge in [-0.1, -0.05) is 45.8 Å². The van der Waals surface area contributed by atoms with Crippen molar-refractivity contribution in [2.24, 2.45) is 0 Å². The summed E-state index contributed by atoms with van der Waals surface area (Å²) in [6, 6.07) is 19.1. The first-order valence-electron chi connectivity index (χ1n) is 10.2. The van der Waals surface area contributed by atoms with Gasteiger partial charge in [0.2, 0.25) is 0 Å². The van der Waals surface area contributed by atoms with Crippen LogP contribution < -0.4 is 15.5 Å². The number of amides is 3. The van der Waals surface area contributed by atoms with E-state index in [0.717, 1.165) is 44.5 Å². The Labute approximate surface area is 190 Å². The summed E-state index contributed by atoms with van der Waals surface area (Å²) >= 11 is 3.46. The highest BCUT2D eigenvalue weighted by atomic mass is 79.9. The van der Waals surface area contributed by atoms with Crippen molar-refractivity contribution in [1.29, 1.82) is 0 Å². The van der Waals surface area contributed by atoms with E-state index in [2.05, 4.69) is 26.6 Å². The molecule has 1 aliphatic heterocycles. The second-order valence-electron chi connectivity index (χ2n) is 7.81. The monoisotopic (exact) mass is 477 g/mol. The van der Waals surface area contributed by atoms with Crippen molar-refractivity contribution < 1.29 is 9.59 Å². The second kappa shape index (κ2) is 8.94. The maximum absolute atomic E-state index is 13.0. The van der Waals surface area contributed by atoms with Crippen LogP contribution in [0, 0.1) is 13.8 Å². The largest absolute Gasteiger partial charge is 0.334 e. The molecule has 3 amide bonds. The maximum Gasteiger partial charge on any atom is 0.319 e. The summed E-state index contributed by atoms with van der Waals surface area (Å²) < 4.78 is 1.00. The number of nitrogens with zero attached hydrogens (tertiary/aromatic N) is 1. The van der Waals surface area contributed by atoms with E-state index < -0.39 is 0 Å². The molecular weight excluding hydrogens is 454 g/mol. The number of urea groups is 1. The fraction of sp³-hybridized carbons (Fsp3) is 0.200. The minimum Gasteiger partial charge on any atom is -0.334 e. The Morgan fingerprint density at radius 1 is 1.00 bits per heavy atom. The number of rotatable bonds is 4. The molecule has 0 fully saturated rings. The first-order valence-corrected chi connectivity index (χ1v) is 11.0. The van der Waals surface area contributed by atoms with E-state index in [9.17, 15) is 9.59 Å². The SMILES string of the molecule is Cc1ccc(C(=O)N2CCc3ccc(CNC(=O)Nc4ccc(Br)c(C)c4)cc32)cc1. The highest BCUT2D eigenvalue weighted by Crippen LogP contribution is 2.30. The predicted octanol–water partition coefficient (Wildman–Crippen LogP) is 5.59. The Morgan fingerprint density at radius 3 is 2.52 bits per heavy atom. The van der Waals surface area contributed by atoms with Gasteiger partial charge in [-0.3, -0.25) is 4.79 Å². The number of hydrogen-bond acceptors (Lipinski definition) is 2. The fourth-order valence-corrected chi connectivity index (χ4v) is 3.92. The summed E-state index contributed by atoms with van der Waals surface area (Å²) in [5, 5.41) is 5.74. The van der Waals surface area contributed by atoms with E-state index in [1.807, 2.05) is 79.4 Å². The van der Waals surface area contributed by atoms with Crippen LogP contribution in [0.1, 0.15) is 32.6 Å². The first kappa shape index (κ1) is 21.1. The number of nitrogens with one attached hydrogen (secondary N) is 2. The zero-order valence-electron chi connectivity index (χ0n) is 17.5. The lowest BCUT2D eigenvalue weighted by Crippen LogP contribution is -2.29. The number of halogens is 1. The van der Waals surface area contributed by atoms with Crippen molar-refractivity contribution in [1.82, 2.24) is 5.32 Å². The van der Waals surface area contributed by atoms with Crippen LogP contribution in [0.3, 0.4) is 0 Å². The van der Waals surface area contributed by atoms with Gasteiger partial charge in [0.15, 0.2) is 0 Å². The molecule has 3 aromatic rings. The van der Waals surface area contributed by atoms with Crippen LogP contribution in [0.2, 0.25) is 0 Å². The molecule has 1 heterocycles. The normalized spacial score (nSPS) is 12.4. The molecule has 1 aliphatic rings. The lowest BCUT2D eigenvalue weighted by atomic mass is 10.1. The van der Waals surface area contributed by atoms with Gasteiger partial charge in [0.1, 0.15) is 0 Å². The van der Waals surface area contributed by atoms with Gasteiger partial charge in [-0.2, -0.15) is 0 Å². The molecule has 0 saturated heterocycles. The van der Waals surface area contributed by atoms with Gasteiger partial charge in [-0.25, -0.2) is 4.79 Å². The Balaban J connectivity index is 1.42. The average Bonchev–Trinajstić information content (AvgIpc) is 3.18. The van der Waals surface area contributed by atoms with Crippen LogP contribution in [-0.2, 0) is 13.0 Å². The van der Waals surface area contributed by atoms with Gasteiger partial charge >= 0.3 is 6.03 Å². The molecule has 4 rings (SSSR count). The highest BCUT2D eigenvalue weighted by molar-refractivity contribution is 9.10. The predicted molar refractivity (Wildman–Crippen MR) is 128 cm³/mol. The molecule has 5 nitrogen and oxygen atoms in total. The molecule has 6 heteroatoms. The number of carbonyl (C=O) groups excluding carboxylic acids is 2. The lowest BCUT2D eigenvalue weighted by Gasteiger charge is -2.18. The number of benzene rings is 3. The number of aryl methyl sites for hydroxylation is 2. The van der Waals surface area contributed by atoms with Crippen molar-refractivity contribution in [3.63, 3.8) is 0 Å². The zero-order valence-corrected chi connectivity index (χ0v) is 19.1. The summed E-state index contributed by atoms with van der Waals surface area (Å²) in [5.74, 6) is 0.00668. The molecule has 0 saturated carbocycles. The Bertz CT molecular complexity index is 1140. The zero-order chi connectivity index (χ0) is 22.0. The van der Waals surface area contributed by atoms with Crippen LogP contribution in [0.25, 0.3) is 0 Å². The smallest absolute Gasteiger partial charge is 0.319 e. The second-order valence-corrected chi connectivity index (χ2v) is 8.66. The molecule has 0 spiro atoms. The van der Waals surface area contributed by atoms with Crippen LogP contribution in [0.4, 0.5) is 16.2 Å². The van der Waals surface area contributed by atoms with E-state index in [4.69, 9.17) is 0 Å². The van der Waals surface area contributed by atoms with E-state index in [1.165, 1.54) is 0 Å². The van der Waals surface area contributed by atoms with Gasteiger partial charge < -0.3 is 15.5 Å². The van der Waals surface area contributed by atoms with E-state index >= 15 is 0 Å². The van der Waals surface area contributed by atoms with Gasteiger partial charge in [0, 0.05) is 34.5 Å². The Kier molecular flexibility index (Phi) is 6.09. The van der Waals surface area contributed by atoms with Crippen LogP contribution in [-0.4, -0.2) is 18.5 Å². The quantitative estimate of drug-likeness (QED) is 0.514. The Hall–Kier alpha value is -3.12. The molecular formula is C25H24BrN3O2. The topological polar surface area (TPSA) is 61.4 Å². The average molecular weight is 478 g/mol. The molecule has 0 aromatic heterocycles. The van der Waals surface area contributed by atoms with Gasteiger partial charge in [-0.15, -0.1) is 0 Å². The van der Waals surface area contributed by atoms with E-state index in [-0.39, 0.29) is 11.9 Å². The van der Waals surface area contributed by atoms with Crippen molar-refractivity contribution in [3.8, 4) is 0 Å². The van der Waals surface area contributed by atoms with Crippen LogP contribution in [0.15, 0.2) is 65.1 Å². The molecule has 2 N–H and O–H groups in total. The van der Waals surface area contributed by atoms with Crippen molar-refractivity contribution in [2.45, 2.75) is 26.8 Å². The summed E-state index contributed by atoms with van der Waals surface area (Å²) in [7, 11) is 0. The fourth-order valence-electron chi connectivity index (χ4n) is 3.68. The standard InChI is InChI=1S/C25H24BrN3O2/c1-16-3-6-20(7-4-16)24(30)29-12-11-19-8-5-18(14-23(19)29)15-27-25(31)28-21-9-10-22(26)17(2)13-21/h3-10,13-14H,11-12,15H2,1-2H3,(H2,27,28,31). The lowest BCUT2D eigenvalue weighted by molar-refractivity contribution is 0.0989. The summed E-state index contributed by atoms with van der Waals surface area (Å²) in [4.78, 5) is 27.1.